The fourth-order valence-electron chi connectivity index (χ4n) is 4.37. The van der Waals surface area contributed by atoms with Gasteiger partial charge in [0.1, 0.15) is 5.76 Å². The Morgan fingerprint density at radius 2 is 1.87 bits per heavy atom. The van der Waals surface area contributed by atoms with Crippen molar-refractivity contribution in [2.45, 2.75) is 32.2 Å². The van der Waals surface area contributed by atoms with Crippen LogP contribution in [0.3, 0.4) is 0 Å². The number of carbonyl (C=O) groups excluding carboxylic acids is 3. The normalized spacial score (nSPS) is 16.7. The topological polar surface area (TPSA) is 114 Å². The molecule has 0 bridgehead atoms. The van der Waals surface area contributed by atoms with Gasteiger partial charge >= 0.3 is 6.09 Å². The first-order chi connectivity index (χ1) is 18.5. The van der Waals surface area contributed by atoms with Crippen molar-refractivity contribution in [2.24, 2.45) is 0 Å². The lowest BCUT2D eigenvalue weighted by Crippen LogP contribution is -2.46. The molecule has 2 aromatic heterocycles. The van der Waals surface area contributed by atoms with Crippen molar-refractivity contribution in [3.05, 3.63) is 119 Å². The largest absolute Gasteiger partial charge is 0.467 e. The van der Waals surface area contributed by atoms with E-state index in [0.29, 0.717) is 22.6 Å². The molecule has 1 saturated heterocycles. The maximum Gasteiger partial charge on any atom is 0.411 e. The molecule has 2 N–H and O–H groups in total. The third-order valence-corrected chi connectivity index (χ3v) is 6.23. The summed E-state index contributed by atoms with van der Waals surface area (Å²) in [6.45, 7) is 2.37. The van der Waals surface area contributed by atoms with E-state index in [1.807, 2.05) is 31.2 Å². The summed E-state index contributed by atoms with van der Waals surface area (Å²) in [5.41, 5.74) is 3.56. The molecule has 0 radical (unpaired) electrons. The Morgan fingerprint density at radius 3 is 2.58 bits per heavy atom. The third kappa shape index (κ3) is 5.57. The Balaban J connectivity index is 1.37. The Labute approximate surface area is 219 Å². The molecule has 0 aliphatic carbocycles. The van der Waals surface area contributed by atoms with Crippen molar-refractivity contribution in [1.82, 2.24) is 15.2 Å². The number of rotatable bonds is 8. The highest BCUT2D eigenvalue weighted by Crippen LogP contribution is 2.34. The van der Waals surface area contributed by atoms with Crippen LogP contribution in [0.15, 0.2) is 95.9 Å². The monoisotopic (exact) mass is 510 g/mol. The molecule has 3 heterocycles. The number of aromatic nitrogens is 1. The summed E-state index contributed by atoms with van der Waals surface area (Å²) in [6.07, 6.45) is 3.19. The molecule has 38 heavy (non-hydrogen) atoms. The van der Waals surface area contributed by atoms with Gasteiger partial charge in [0.05, 0.1) is 24.9 Å². The summed E-state index contributed by atoms with van der Waals surface area (Å²) >= 11 is 0. The van der Waals surface area contributed by atoms with Gasteiger partial charge in [0.2, 0.25) is 5.91 Å². The van der Waals surface area contributed by atoms with Gasteiger partial charge in [-0.2, -0.15) is 0 Å². The molecule has 0 spiro atoms. The Morgan fingerprint density at radius 1 is 1.03 bits per heavy atom. The molecule has 2 unspecified atom stereocenters. The van der Waals surface area contributed by atoms with Crippen molar-refractivity contribution in [2.75, 3.05) is 5.32 Å². The summed E-state index contributed by atoms with van der Waals surface area (Å²) in [4.78, 5) is 44.3. The lowest BCUT2D eigenvalue weighted by Gasteiger charge is -2.24. The van der Waals surface area contributed by atoms with Gasteiger partial charge in [0, 0.05) is 18.1 Å². The first-order valence-corrected chi connectivity index (χ1v) is 12.1. The average molecular weight is 511 g/mol. The Kier molecular flexibility index (Phi) is 7.17. The molecule has 3 amide bonds. The zero-order valence-corrected chi connectivity index (χ0v) is 20.7. The van der Waals surface area contributed by atoms with Crippen molar-refractivity contribution >= 4 is 23.6 Å². The van der Waals surface area contributed by atoms with Crippen molar-refractivity contribution < 1.29 is 23.5 Å². The minimum absolute atomic E-state index is 0.181. The quantitative estimate of drug-likeness (QED) is 0.358. The standard InChI is InChI=1S/C29H26N4O5/c1-19-5-2-6-20(15-19)18-33-25(28(35)31-17-24-8-4-14-37-24)26(38-29(33)36)21-9-11-23(12-10-21)32-27(34)22-7-3-13-30-16-22/h2-16,25-26H,17-18H2,1H3,(H,31,35)(H,32,34). The number of nitrogens with one attached hydrogen (secondary N) is 2. The summed E-state index contributed by atoms with van der Waals surface area (Å²) < 4.78 is 11.1. The van der Waals surface area contributed by atoms with Crippen LogP contribution in [0.5, 0.6) is 0 Å². The molecule has 1 aliphatic rings. The number of ether oxygens (including phenoxy) is 1. The lowest BCUT2D eigenvalue weighted by atomic mass is 10.00. The SMILES string of the molecule is Cc1cccc(CN2C(=O)OC(c3ccc(NC(=O)c4cccnc4)cc3)C2C(=O)NCc2ccco2)c1. The predicted molar refractivity (Wildman–Crippen MR) is 139 cm³/mol. The zero-order chi connectivity index (χ0) is 26.5. The lowest BCUT2D eigenvalue weighted by molar-refractivity contribution is -0.126. The van der Waals surface area contributed by atoms with Crippen LogP contribution in [0.4, 0.5) is 10.5 Å². The van der Waals surface area contributed by atoms with Crippen LogP contribution in [-0.4, -0.2) is 33.8 Å². The summed E-state index contributed by atoms with van der Waals surface area (Å²) in [5.74, 6) is -0.0596. The van der Waals surface area contributed by atoms with Crippen LogP contribution in [0, 0.1) is 6.92 Å². The number of furan rings is 1. The minimum atomic E-state index is -0.909. The molecule has 1 fully saturated rings. The molecule has 2 aromatic carbocycles. The van der Waals surface area contributed by atoms with Gasteiger partial charge in [-0.1, -0.05) is 42.0 Å². The van der Waals surface area contributed by atoms with E-state index < -0.39 is 18.2 Å². The number of anilines is 1. The highest BCUT2D eigenvalue weighted by molar-refractivity contribution is 6.04. The van der Waals surface area contributed by atoms with Crippen LogP contribution in [-0.2, 0) is 22.6 Å². The number of benzene rings is 2. The molecule has 192 valence electrons. The number of cyclic esters (lactones) is 1. The van der Waals surface area contributed by atoms with E-state index in [-0.39, 0.29) is 24.9 Å². The Bertz CT molecular complexity index is 1420. The van der Waals surface area contributed by atoms with Gasteiger partial charge in [0.15, 0.2) is 12.1 Å². The van der Waals surface area contributed by atoms with E-state index in [4.69, 9.17) is 9.15 Å². The fraction of sp³-hybridized carbons (Fsp3) is 0.172. The summed E-state index contributed by atoms with van der Waals surface area (Å²) in [7, 11) is 0. The maximum absolute atomic E-state index is 13.4. The first kappa shape index (κ1) is 24.8. The van der Waals surface area contributed by atoms with Crippen LogP contribution in [0.1, 0.15) is 38.9 Å². The van der Waals surface area contributed by atoms with Gasteiger partial charge in [-0.15, -0.1) is 0 Å². The summed E-state index contributed by atoms with van der Waals surface area (Å²) in [6, 6.07) is 20.6. The van der Waals surface area contributed by atoms with E-state index in [0.717, 1.165) is 11.1 Å². The molecule has 1 aliphatic heterocycles. The molecule has 5 rings (SSSR count). The van der Waals surface area contributed by atoms with Crippen LogP contribution in [0.25, 0.3) is 0 Å². The molecule has 0 saturated carbocycles. The Hall–Kier alpha value is -4.92. The van der Waals surface area contributed by atoms with Gasteiger partial charge in [-0.25, -0.2) is 4.79 Å². The van der Waals surface area contributed by atoms with Crippen molar-refractivity contribution in [3.8, 4) is 0 Å². The third-order valence-electron chi connectivity index (χ3n) is 6.23. The molecule has 9 nitrogen and oxygen atoms in total. The zero-order valence-electron chi connectivity index (χ0n) is 20.7. The van der Waals surface area contributed by atoms with Crippen LogP contribution < -0.4 is 10.6 Å². The highest BCUT2D eigenvalue weighted by Gasteiger charge is 2.47. The van der Waals surface area contributed by atoms with Gasteiger partial charge in [-0.05, 0) is 54.4 Å². The number of hydrogen-bond acceptors (Lipinski definition) is 6. The molecule has 4 aromatic rings. The maximum atomic E-state index is 13.4. The van der Waals surface area contributed by atoms with Gasteiger partial charge in [0.25, 0.3) is 5.91 Å². The second kappa shape index (κ2) is 11.0. The molecular formula is C29H26N4O5. The predicted octanol–water partition coefficient (Wildman–Crippen LogP) is 4.61. The average Bonchev–Trinajstić information content (AvgIpc) is 3.56. The number of hydrogen-bond donors (Lipinski definition) is 2. The smallest absolute Gasteiger partial charge is 0.411 e. The second-order valence-corrected chi connectivity index (χ2v) is 8.98. The fourth-order valence-corrected chi connectivity index (χ4v) is 4.37. The molecule has 9 heteroatoms. The van der Waals surface area contributed by atoms with Gasteiger partial charge < -0.3 is 19.8 Å². The van der Waals surface area contributed by atoms with E-state index in [1.54, 1.807) is 54.7 Å². The minimum Gasteiger partial charge on any atom is -0.467 e. The van der Waals surface area contributed by atoms with E-state index in [9.17, 15) is 14.4 Å². The van der Waals surface area contributed by atoms with E-state index in [2.05, 4.69) is 15.6 Å². The number of carbonyl (C=O) groups is 3. The number of amides is 3. The number of pyridine rings is 1. The number of nitrogens with zero attached hydrogens (tertiary/aromatic N) is 2. The van der Waals surface area contributed by atoms with Gasteiger partial charge in [-0.3, -0.25) is 19.5 Å². The second-order valence-electron chi connectivity index (χ2n) is 8.98. The van der Waals surface area contributed by atoms with E-state index in [1.165, 1.54) is 17.4 Å². The number of aryl methyl sites for hydroxylation is 1. The van der Waals surface area contributed by atoms with Crippen molar-refractivity contribution in [3.63, 3.8) is 0 Å². The first-order valence-electron chi connectivity index (χ1n) is 12.1. The molecular weight excluding hydrogens is 484 g/mol. The van der Waals surface area contributed by atoms with E-state index >= 15 is 0 Å². The summed E-state index contributed by atoms with van der Waals surface area (Å²) in [5, 5.41) is 5.68. The van der Waals surface area contributed by atoms with Crippen molar-refractivity contribution in [1.29, 1.82) is 0 Å². The molecule has 2 atom stereocenters. The van der Waals surface area contributed by atoms with Crippen LogP contribution in [0.2, 0.25) is 0 Å². The van der Waals surface area contributed by atoms with Crippen LogP contribution >= 0.6 is 0 Å². The highest BCUT2D eigenvalue weighted by atomic mass is 16.6.